The third kappa shape index (κ3) is 4.53. The molecule has 0 saturated carbocycles. The zero-order valence-electron chi connectivity index (χ0n) is 17.5. The van der Waals surface area contributed by atoms with Crippen LogP contribution in [-0.2, 0) is 4.74 Å². The minimum atomic E-state index is 0.161. The average molecular weight is 439 g/mol. The van der Waals surface area contributed by atoms with E-state index in [2.05, 4.69) is 29.8 Å². The van der Waals surface area contributed by atoms with Crippen LogP contribution in [0.2, 0.25) is 0 Å². The zero-order chi connectivity index (χ0) is 21.2. The molecule has 2 aliphatic heterocycles. The Balaban J connectivity index is 1.25. The SMILES string of the molecule is Cc1nsc(-c2ccc(-c3ccc(N4CCC(NC5CCOCC5)C4)nn3)c(O)c2)n1. The lowest BCUT2D eigenvalue weighted by Gasteiger charge is -2.26. The summed E-state index contributed by atoms with van der Waals surface area (Å²) < 4.78 is 9.65. The Morgan fingerprint density at radius 3 is 2.68 bits per heavy atom. The fourth-order valence-electron chi connectivity index (χ4n) is 4.24. The average Bonchev–Trinajstić information content (AvgIpc) is 3.44. The number of hydrogen-bond donors (Lipinski definition) is 2. The molecule has 1 aromatic carbocycles. The summed E-state index contributed by atoms with van der Waals surface area (Å²) in [5, 5.41) is 23.9. The lowest BCUT2D eigenvalue weighted by atomic mass is 10.1. The van der Waals surface area contributed by atoms with Gasteiger partial charge in [-0.3, -0.25) is 0 Å². The van der Waals surface area contributed by atoms with Crippen molar-refractivity contribution in [3.63, 3.8) is 0 Å². The standard InChI is InChI=1S/C22H26N6O2S/c1-14-23-22(31-27-14)15-2-3-18(20(29)12-15)19-4-5-21(26-25-19)28-9-6-17(13-28)24-16-7-10-30-11-8-16/h2-5,12,16-17,24,29H,6-11,13H2,1H3. The lowest BCUT2D eigenvalue weighted by molar-refractivity contribution is 0.0755. The fraction of sp³-hybridized carbons (Fsp3) is 0.455. The molecule has 0 radical (unpaired) electrons. The number of nitrogens with one attached hydrogen (secondary N) is 1. The molecule has 1 atom stereocenters. The smallest absolute Gasteiger partial charge is 0.151 e. The second-order valence-corrected chi connectivity index (χ2v) is 8.89. The van der Waals surface area contributed by atoms with Crippen molar-refractivity contribution < 1.29 is 9.84 Å². The third-order valence-electron chi connectivity index (χ3n) is 5.90. The molecule has 1 unspecified atom stereocenters. The maximum absolute atomic E-state index is 10.5. The molecule has 2 aliphatic rings. The topological polar surface area (TPSA) is 96.3 Å². The van der Waals surface area contributed by atoms with E-state index < -0.39 is 0 Å². The van der Waals surface area contributed by atoms with E-state index in [-0.39, 0.29) is 5.75 Å². The van der Waals surface area contributed by atoms with E-state index in [0.717, 1.165) is 67.8 Å². The number of benzene rings is 1. The number of rotatable bonds is 5. The van der Waals surface area contributed by atoms with Gasteiger partial charge >= 0.3 is 0 Å². The number of aryl methyl sites for hydroxylation is 1. The highest BCUT2D eigenvalue weighted by Gasteiger charge is 2.26. The Morgan fingerprint density at radius 2 is 1.97 bits per heavy atom. The number of anilines is 1. The van der Waals surface area contributed by atoms with E-state index in [9.17, 15) is 5.11 Å². The molecular formula is C22H26N6O2S. The number of hydrogen-bond acceptors (Lipinski definition) is 9. The Kier molecular flexibility index (Phi) is 5.80. The second-order valence-electron chi connectivity index (χ2n) is 8.14. The summed E-state index contributed by atoms with van der Waals surface area (Å²) in [5.41, 5.74) is 2.15. The predicted molar refractivity (Wildman–Crippen MR) is 120 cm³/mol. The minimum Gasteiger partial charge on any atom is -0.507 e. The van der Waals surface area contributed by atoms with Crippen LogP contribution in [0.1, 0.15) is 25.1 Å². The number of aromatic nitrogens is 4. The summed E-state index contributed by atoms with van der Waals surface area (Å²) in [7, 11) is 0. The summed E-state index contributed by atoms with van der Waals surface area (Å²) >= 11 is 1.32. The van der Waals surface area contributed by atoms with Gasteiger partial charge in [-0.15, -0.1) is 10.2 Å². The largest absolute Gasteiger partial charge is 0.507 e. The van der Waals surface area contributed by atoms with Gasteiger partial charge in [0.15, 0.2) is 5.82 Å². The molecule has 9 heteroatoms. The van der Waals surface area contributed by atoms with Gasteiger partial charge in [0, 0.05) is 49.5 Å². The van der Waals surface area contributed by atoms with Crippen LogP contribution < -0.4 is 10.2 Å². The van der Waals surface area contributed by atoms with Gasteiger partial charge in [-0.25, -0.2) is 4.98 Å². The van der Waals surface area contributed by atoms with Crippen LogP contribution in [0.25, 0.3) is 21.8 Å². The number of phenols is 1. The van der Waals surface area contributed by atoms with Gasteiger partial charge in [0.05, 0.1) is 5.69 Å². The van der Waals surface area contributed by atoms with Gasteiger partial charge in [-0.2, -0.15) is 4.37 Å². The monoisotopic (exact) mass is 438 g/mol. The van der Waals surface area contributed by atoms with E-state index in [1.54, 1.807) is 6.07 Å². The number of aromatic hydroxyl groups is 1. The molecule has 8 nitrogen and oxygen atoms in total. The molecule has 2 fully saturated rings. The molecule has 2 N–H and O–H groups in total. The lowest BCUT2D eigenvalue weighted by Crippen LogP contribution is -2.43. The maximum atomic E-state index is 10.5. The molecule has 2 saturated heterocycles. The van der Waals surface area contributed by atoms with Crippen molar-refractivity contribution in [2.45, 2.75) is 38.3 Å². The summed E-state index contributed by atoms with van der Waals surface area (Å²) in [4.78, 5) is 6.65. The van der Waals surface area contributed by atoms with Gasteiger partial charge in [0.2, 0.25) is 0 Å². The van der Waals surface area contributed by atoms with E-state index in [4.69, 9.17) is 4.74 Å². The normalized spacial score (nSPS) is 19.8. The Hall–Kier alpha value is -2.62. The Bertz CT molecular complexity index is 1030. The minimum absolute atomic E-state index is 0.161. The molecule has 162 valence electrons. The molecule has 0 bridgehead atoms. The van der Waals surface area contributed by atoms with Crippen LogP contribution >= 0.6 is 11.5 Å². The van der Waals surface area contributed by atoms with Crippen molar-refractivity contribution in [1.82, 2.24) is 24.9 Å². The van der Waals surface area contributed by atoms with Gasteiger partial charge in [-0.05, 0) is 62.0 Å². The molecule has 2 aromatic heterocycles. The van der Waals surface area contributed by atoms with Crippen LogP contribution in [0, 0.1) is 6.92 Å². The molecule has 0 aliphatic carbocycles. The van der Waals surface area contributed by atoms with E-state index in [1.165, 1.54) is 11.5 Å². The Morgan fingerprint density at radius 1 is 1.10 bits per heavy atom. The molecule has 5 rings (SSSR count). The van der Waals surface area contributed by atoms with Gasteiger partial charge in [0.1, 0.15) is 16.6 Å². The molecule has 31 heavy (non-hydrogen) atoms. The molecule has 0 spiro atoms. The number of ether oxygens (including phenoxy) is 1. The van der Waals surface area contributed by atoms with Gasteiger partial charge < -0.3 is 20.1 Å². The van der Waals surface area contributed by atoms with Gasteiger partial charge in [-0.1, -0.05) is 6.07 Å². The fourth-order valence-corrected chi connectivity index (χ4v) is 4.90. The van der Waals surface area contributed by atoms with Crippen molar-refractivity contribution in [3.05, 3.63) is 36.2 Å². The number of phenolic OH excluding ortho intramolecular Hbond substituents is 1. The molecular weight excluding hydrogens is 412 g/mol. The van der Waals surface area contributed by atoms with Crippen LogP contribution in [0.5, 0.6) is 5.75 Å². The highest BCUT2D eigenvalue weighted by atomic mass is 32.1. The first-order valence-electron chi connectivity index (χ1n) is 10.7. The quantitative estimate of drug-likeness (QED) is 0.628. The first-order chi connectivity index (χ1) is 15.2. The van der Waals surface area contributed by atoms with E-state index in [1.807, 2.05) is 31.2 Å². The van der Waals surface area contributed by atoms with Crippen LogP contribution in [0.15, 0.2) is 30.3 Å². The maximum Gasteiger partial charge on any atom is 0.151 e. The van der Waals surface area contributed by atoms with Crippen molar-refractivity contribution in [2.24, 2.45) is 0 Å². The van der Waals surface area contributed by atoms with Gasteiger partial charge in [0.25, 0.3) is 0 Å². The predicted octanol–water partition coefficient (Wildman–Crippen LogP) is 3.02. The van der Waals surface area contributed by atoms with Crippen molar-refractivity contribution in [2.75, 3.05) is 31.2 Å². The van der Waals surface area contributed by atoms with Crippen molar-refractivity contribution >= 4 is 17.4 Å². The number of nitrogens with zero attached hydrogens (tertiary/aromatic N) is 5. The third-order valence-corrected chi connectivity index (χ3v) is 6.76. The summed E-state index contributed by atoms with van der Waals surface area (Å²) in [5.74, 6) is 1.77. The van der Waals surface area contributed by atoms with Crippen molar-refractivity contribution in [1.29, 1.82) is 0 Å². The summed E-state index contributed by atoms with van der Waals surface area (Å²) in [6.07, 6.45) is 3.28. The molecule has 4 heterocycles. The highest BCUT2D eigenvalue weighted by molar-refractivity contribution is 7.09. The zero-order valence-corrected chi connectivity index (χ0v) is 18.3. The summed E-state index contributed by atoms with van der Waals surface area (Å²) in [6, 6.07) is 10.4. The van der Waals surface area contributed by atoms with Crippen molar-refractivity contribution in [3.8, 4) is 27.6 Å². The van der Waals surface area contributed by atoms with Crippen LogP contribution in [0.3, 0.4) is 0 Å². The van der Waals surface area contributed by atoms with Crippen LogP contribution in [-0.4, -0.2) is 63.0 Å². The van der Waals surface area contributed by atoms with E-state index in [0.29, 0.717) is 23.3 Å². The van der Waals surface area contributed by atoms with E-state index >= 15 is 0 Å². The first-order valence-corrected chi connectivity index (χ1v) is 11.5. The first kappa shape index (κ1) is 20.3. The highest BCUT2D eigenvalue weighted by Crippen LogP contribution is 2.33. The molecule has 3 aromatic rings. The van der Waals surface area contributed by atoms with Crippen LogP contribution in [0.4, 0.5) is 5.82 Å². The molecule has 0 amide bonds. The summed E-state index contributed by atoms with van der Waals surface area (Å²) in [6.45, 7) is 5.47. The Labute approximate surface area is 185 Å². The second kappa shape index (κ2) is 8.86.